The van der Waals surface area contributed by atoms with Crippen molar-refractivity contribution in [2.75, 3.05) is 24.5 Å². The highest BCUT2D eigenvalue weighted by molar-refractivity contribution is 5.93. The van der Waals surface area contributed by atoms with E-state index in [-0.39, 0.29) is 11.9 Å². The van der Waals surface area contributed by atoms with Gasteiger partial charge in [0.15, 0.2) is 0 Å². The lowest BCUT2D eigenvalue weighted by atomic mass is 9.99. The second-order valence-corrected chi connectivity index (χ2v) is 5.71. The Labute approximate surface area is 126 Å². The number of piperidine rings is 1. The van der Waals surface area contributed by atoms with Gasteiger partial charge in [-0.05, 0) is 30.9 Å². The van der Waals surface area contributed by atoms with Crippen LogP contribution in [0.2, 0.25) is 0 Å². The van der Waals surface area contributed by atoms with Gasteiger partial charge in [-0.2, -0.15) is 0 Å². The van der Waals surface area contributed by atoms with E-state index in [1.54, 1.807) is 4.90 Å². The van der Waals surface area contributed by atoms with Crippen LogP contribution in [0.1, 0.15) is 26.2 Å². The van der Waals surface area contributed by atoms with Crippen molar-refractivity contribution in [1.29, 1.82) is 5.41 Å². The van der Waals surface area contributed by atoms with Gasteiger partial charge in [0.05, 0.1) is 5.84 Å². The number of para-hydroxylation sites is 1. The van der Waals surface area contributed by atoms with Crippen LogP contribution in [-0.4, -0.2) is 36.4 Å². The van der Waals surface area contributed by atoms with E-state index < -0.39 is 0 Å². The molecule has 5 heteroatoms. The van der Waals surface area contributed by atoms with Gasteiger partial charge in [0, 0.05) is 31.7 Å². The molecule has 21 heavy (non-hydrogen) atoms. The third kappa shape index (κ3) is 4.21. The molecule has 1 fully saturated rings. The number of hydrogen-bond acceptors (Lipinski definition) is 2. The van der Waals surface area contributed by atoms with Crippen LogP contribution < -0.4 is 10.6 Å². The van der Waals surface area contributed by atoms with Crippen LogP contribution in [0.5, 0.6) is 0 Å². The molecule has 1 aromatic rings. The zero-order valence-corrected chi connectivity index (χ0v) is 12.6. The summed E-state index contributed by atoms with van der Waals surface area (Å²) < 4.78 is 0. The molecule has 1 heterocycles. The summed E-state index contributed by atoms with van der Waals surface area (Å²) in [6.07, 6.45) is 2.51. The van der Waals surface area contributed by atoms with E-state index in [0.717, 1.165) is 31.6 Å². The number of carbonyl (C=O) groups is 1. The maximum absolute atomic E-state index is 12.8. The minimum atomic E-state index is 0.0225. The average molecular weight is 288 g/mol. The third-order valence-electron chi connectivity index (χ3n) is 3.96. The lowest BCUT2D eigenvalue weighted by molar-refractivity contribution is 0.180. The second kappa shape index (κ2) is 7.11. The van der Waals surface area contributed by atoms with Crippen molar-refractivity contribution in [2.45, 2.75) is 26.2 Å². The standard InChI is InChI=1S/C16H24N4O/c1-13-7-10-19(11-8-13)16(21)20(12-9-15(17)18)14-5-3-2-4-6-14/h2-6,13H,7-12H2,1H3,(H3,17,18). The van der Waals surface area contributed by atoms with Gasteiger partial charge >= 0.3 is 6.03 Å². The maximum Gasteiger partial charge on any atom is 0.324 e. The summed E-state index contributed by atoms with van der Waals surface area (Å²) in [7, 11) is 0. The van der Waals surface area contributed by atoms with Crippen molar-refractivity contribution >= 4 is 17.6 Å². The van der Waals surface area contributed by atoms with Gasteiger partial charge in [-0.3, -0.25) is 10.3 Å². The maximum atomic E-state index is 12.8. The number of amidine groups is 1. The Morgan fingerprint density at radius 3 is 2.52 bits per heavy atom. The van der Waals surface area contributed by atoms with Crippen molar-refractivity contribution in [2.24, 2.45) is 11.7 Å². The van der Waals surface area contributed by atoms with E-state index in [4.69, 9.17) is 11.1 Å². The second-order valence-electron chi connectivity index (χ2n) is 5.71. The van der Waals surface area contributed by atoms with E-state index in [9.17, 15) is 4.79 Å². The van der Waals surface area contributed by atoms with Crippen LogP contribution in [-0.2, 0) is 0 Å². The highest BCUT2D eigenvalue weighted by atomic mass is 16.2. The lowest BCUT2D eigenvalue weighted by Gasteiger charge is -2.35. The molecule has 0 spiro atoms. The van der Waals surface area contributed by atoms with Crippen LogP contribution in [0.25, 0.3) is 0 Å². The van der Waals surface area contributed by atoms with Gasteiger partial charge in [-0.1, -0.05) is 25.1 Å². The Kier molecular flexibility index (Phi) is 5.20. The normalized spacial score (nSPS) is 15.8. The molecular weight excluding hydrogens is 264 g/mol. The van der Waals surface area contributed by atoms with E-state index in [0.29, 0.717) is 18.9 Å². The molecule has 1 aliphatic rings. The van der Waals surface area contributed by atoms with Crippen LogP contribution in [0.3, 0.4) is 0 Å². The SMILES string of the molecule is CC1CCN(C(=O)N(CCC(=N)N)c2ccccc2)CC1. The van der Waals surface area contributed by atoms with Crippen LogP contribution in [0.4, 0.5) is 10.5 Å². The van der Waals surface area contributed by atoms with E-state index in [1.165, 1.54) is 0 Å². The fourth-order valence-corrected chi connectivity index (χ4v) is 2.55. The summed E-state index contributed by atoms with van der Waals surface area (Å²) >= 11 is 0. The molecule has 0 unspecified atom stereocenters. The number of anilines is 1. The molecule has 0 bridgehead atoms. The summed E-state index contributed by atoms with van der Waals surface area (Å²) in [4.78, 5) is 16.4. The molecule has 114 valence electrons. The number of nitrogens with two attached hydrogens (primary N) is 1. The lowest BCUT2D eigenvalue weighted by Crippen LogP contribution is -2.47. The number of hydrogen-bond donors (Lipinski definition) is 2. The van der Waals surface area contributed by atoms with Gasteiger partial charge in [-0.15, -0.1) is 0 Å². The number of carbonyl (C=O) groups excluding carboxylic acids is 1. The molecule has 0 radical (unpaired) electrons. The number of likely N-dealkylation sites (tertiary alicyclic amines) is 1. The van der Waals surface area contributed by atoms with Gasteiger partial charge in [0.1, 0.15) is 0 Å². The first kappa shape index (κ1) is 15.4. The number of benzene rings is 1. The number of nitrogens with zero attached hydrogens (tertiary/aromatic N) is 2. The number of amides is 2. The predicted molar refractivity (Wildman–Crippen MR) is 85.7 cm³/mol. The van der Waals surface area contributed by atoms with E-state index in [1.807, 2.05) is 35.2 Å². The number of urea groups is 1. The van der Waals surface area contributed by atoms with Gasteiger partial charge < -0.3 is 10.6 Å². The Hall–Kier alpha value is -2.04. The molecule has 0 aliphatic carbocycles. The van der Waals surface area contributed by atoms with Crippen LogP contribution >= 0.6 is 0 Å². The van der Waals surface area contributed by atoms with Crippen molar-refractivity contribution in [3.63, 3.8) is 0 Å². The topological polar surface area (TPSA) is 73.4 Å². The van der Waals surface area contributed by atoms with Crippen molar-refractivity contribution in [3.05, 3.63) is 30.3 Å². The quantitative estimate of drug-likeness (QED) is 0.660. The zero-order valence-electron chi connectivity index (χ0n) is 12.6. The zero-order chi connectivity index (χ0) is 15.2. The van der Waals surface area contributed by atoms with Gasteiger partial charge in [-0.25, -0.2) is 4.79 Å². The molecule has 2 amide bonds. The summed E-state index contributed by atoms with van der Waals surface area (Å²) in [5, 5.41) is 7.39. The molecule has 1 aromatic carbocycles. The first-order chi connectivity index (χ1) is 10.1. The Morgan fingerprint density at radius 2 is 1.95 bits per heavy atom. The van der Waals surface area contributed by atoms with Gasteiger partial charge in [0.25, 0.3) is 0 Å². The number of nitrogens with one attached hydrogen (secondary N) is 1. The molecule has 0 saturated carbocycles. The molecule has 2 rings (SSSR count). The predicted octanol–water partition coefficient (Wildman–Crippen LogP) is 2.67. The molecule has 3 N–H and O–H groups in total. The fraction of sp³-hybridized carbons (Fsp3) is 0.500. The Balaban J connectivity index is 2.10. The van der Waals surface area contributed by atoms with E-state index in [2.05, 4.69) is 6.92 Å². The molecule has 0 aromatic heterocycles. The third-order valence-corrected chi connectivity index (χ3v) is 3.96. The highest BCUT2D eigenvalue weighted by Gasteiger charge is 2.25. The monoisotopic (exact) mass is 288 g/mol. The van der Waals surface area contributed by atoms with Crippen LogP contribution in [0, 0.1) is 11.3 Å². The first-order valence-electron chi connectivity index (χ1n) is 7.52. The largest absolute Gasteiger partial charge is 0.388 e. The Bertz CT molecular complexity index is 480. The number of rotatable bonds is 4. The minimum Gasteiger partial charge on any atom is -0.388 e. The first-order valence-corrected chi connectivity index (χ1v) is 7.52. The highest BCUT2D eigenvalue weighted by Crippen LogP contribution is 2.21. The van der Waals surface area contributed by atoms with Crippen molar-refractivity contribution in [3.8, 4) is 0 Å². The molecule has 1 aliphatic heterocycles. The summed E-state index contributed by atoms with van der Waals surface area (Å²) in [6.45, 7) is 4.30. The molecule has 1 saturated heterocycles. The minimum absolute atomic E-state index is 0.0225. The van der Waals surface area contributed by atoms with Crippen molar-refractivity contribution in [1.82, 2.24) is 4.90 Å². The fourth-order valence-electron chi connectivity index (χ4n) is 2.55. The van der Waals surface area contributed by atoms with E-state index >= 15 is 0 Å². The summed E-state index contributed by atoms with van der Waals surface area (Å²) in [5.41, 5.74) is 6.31. The summed E-state index contributed by atoms with van der Waals surface area (Å²) in [6, 6.07) is 9.63. The van der Waals surface area contributed by atoms with Gasteiger partial charge in [0.2, 0.25) is 0 Å². The molecular formula is C16H24N4O. The summed E-state index contributed by atoms with van der Waals surface area (Å²) in [5.74, 6) is 0.799. The van der Waals surface area contributed by atoms with Crippen molar-refractivity contribution < 1.29 is 4.79 Å². The van der Waals surface area contributed by atoms with Crippen LogP contribution in [0.15, 0.2) is 30.3 Å². The molecule has 0 atom stereocenters. The smallest absolute Gasteiger partial charge is 0.324 e. The Morgan fingerprint density at radius 1 is 1.33 bits per heavy atom. The average Bonchev–Trinajstić information content (AvgIpc) is 2.49. The molecule has 5 nitrogen and oxygen atoms in total.